The minimum Gasteiger partial charge on any atom is -0.481 e. The molecule has 1 aliphatic heterocycles. The summed E-state index contributed by atoms with van der Waals surface area (Å²) >= 11 is 3.88. The standard InChI is InChI=1S/C15H22N2O2S2/c1-7(15(18)19)13-8(2)16-14(17-9(13)3)12-6-20-10(4)11(5)21-12/h7,10-12H,6H2,1-5H3,(H,18,19). The fourth-order valence-corrected chi connectivity index (χ4v) is 5.41. The van der Waals surface area contributed by atoms with Crippen LogP contribution >= 0.6 is 23.5 Å². The third-order valence-electron chi connectivity index (χ3n) is 3.99. The van der Waals surface area contributed by atoms with Crippen molar-refractivity contribution in [3.8, 4) is 0 Å². The third-order valence-corrected chi connectivity index (χ3v) is 7.37. The molecule has 1 aliphatic rings. The van der Waals surface area contributed by atoms with Crippen molar-refractivity contribution in [3.05, 3.63) is 22.8 Å². The molecule has 4 unspecified atom stereocenters. The molecule has 0 aliphatic carbocycles. The number of hydrogen-bond donors (Lipinski definition) is 1. The molecule has 2 rings (SSSR count). The van der Waals surface area contributed by atoms with Gasteiger partial charge in [-0.1, -0.05) is 13.8 Å². The summed E-state index contributed by atoms with van der Waals surface area (Å²) in [6.45, 7) is 9.97. The zero-order valence-corrected chi connectivity index (χ0v) is 14.7. The highest BCUT2D eigenvalue weighted by atomic mass is 32.2. The maximum Gasteiger partial charge on any atom is 0.310 e. The number of carboxylic acids is 1. The molecule has 1 aromatic rings. The Hall–Kier alpha value is -0.750. The molecule has 1 saturated heterocycles. The van der Waals surface area contributed by atoms with E-state index in [1.807, 2.05) is 37.4 Å². The molecule has 6 heteroatoms. The molecule has 1 aromatic heterocycles. The van der Waals surface area contributed by atoms with Crippen molar-refractivity contribution < 1.29 is 9.90 Å². The van der Waals surface area contributed by atoms with Crippen LogP contribution in [-0.2, 0) is 4.79 Å². The molecule has 0 spiro atoms. The second-order valence-corrected chi connectivity index (χ2v) is 8.59. The lowest BCUT2D eigenvalue weighted by molar-refractivity contribution is -0.138. The summed E-state index contributed by atoms with van der Waals surface area (Å²) in [5, 5.41) is 10.7. The van der Waals surface area contributed by atoms with Crippen LogP contribution in [0.15, 0.2) is 0 Å². The molecule has 0 radical (unpaired) electrons. The lowest BCUT2D eigenvalue weighted by Gasteiger charge is -2.30. The number of aryl methyl sites for hydroxylation is 2. The minimum atomic E-state index is -0.831. The van der Waals surface area contributed by atoms with Crippen molar-refractivity contribution in [3.63, 3.8) is 0 Å². The Morgan fingerprint density at radius 2 is 1.81 bits per heavy atom. The van der Waals surface area contributed by atoms with E-state index in [2.05, 4.69) is 23.8 Å². The molecule has 0 aromatic carbocycles. The highest BCUT2D eigenvalue weighted by molar-refractivity contribution is 8.07. The summed E-state index contributed by atoms with van der Waals surface area (Å²) in [5.74, 6) is 0.472. The molecule has 1 N–H and O–H groups in total. The van der Waals surface area contributed by atoms with Gasteiger partial charge in [-0.15, -0.1) is 11.8 Å². The average molecular weight is 326 g/mol. The molecule has 116 valence electrons. The maximum atomic E-state index is 11.2. The smallest absolute Gasteiger partial charge is 0.310 e. The van der Waals surface area contributed by atoms with E-state index in [1.54, 1.807) is 6.92 Å². The summed E-state index contributed by atoms with van der Waals surface area (Å²) in [7, 11) is 0. The highest BCUT2D eigenvalue weighted by Crippen LogP contribution is 2.43. The number of carbonyl (C=O) groups is 1. The van der Waals surface area contributed by atoms with E-state index >= 15 is 0 Å². The Labute approximate surface area is 134 Å². The first-order valence-electron chi connectivity index (χ1n) is 7.16. The van der Waals surface area contributed by atoms with Crippen LogP contribution in [0.5, 0.6) is 0 Å². The fraction of sp³-hybridized carbons (Fsp3) is 0.667. The Morgan fingerprint density at radius 1 is 1.24 bits per heavy atom. The molecule has 4 atom stereocenters. The second kappa shape index (κ2) is 6.57. The van der Waals surface area contributed by atoms with Gasteiger partial charge < -0.3 is 5.11 Å². The van der Waals surface area contributed by atoms with E-state index in [0.717, 1.165) is 28.5 Å². The lowest BCUT2D eigenvalue weighted by atomic mass is 9.98. The van der Waals surface area contributed by atoms with Crippen LogP contribution in [0.3, 0.4) is 0 Å². The Bertz CT molecular complexity index is 527. The average Bonchev–Trinajstić information content (AvgIpc) is 2.40. The van der Waals surface area contributed by atoms with Gasteiger partial charge in [-0.3, -0.25) is 4.79 Å². The molecule has 4 nitrogen and oxygen atoms in total. The van der Waals surface area contributed by atoms with E-state index < -0.39 is 11.9 Å². The van der Waals surface area contributed by atoms with Crippen LogP contribution in [0.4, 0.5) is 0 Å². The van der Waals surface area contributed by atoms with Crippen molar-refractivity contribution in [1.82, 2.24) is 9.97 Å². The van der Waals surface area contributed by atoms with Gasteiger partial charge in [-0.05, 0) is 20.8 Å². The van der Waals surface area contributed by atoms with E-state index in [0.29, 0.717) is 15.7 Å². The molecular weight excluding hydrogens is 304 g/mol. The van der Waals surface area contributed by atoms with Crippen molar-refractivity contribution in [2.24, 2.45) is 0 Å². The van der Waals surface area contributed by atoms with Gasteiger partial charge in [0.05, 0.1) is 11.2 Å². The fourth-order valence-electron chi connectivity index (χ4n) is 2.56. The zero-order chi connectivity index (χ0) is 15.7. The second-order valence-electron chi connectivity index (χ2n) is 5.59. The van der Waals surface area contributed by atoms with Crippen molar-refractivity contribution in [2.45, 2.75) is 56.3 Å². The van der Waals surface area contributed by atoms with Crippen molar-refractivity contribution >= 4 is 29.5 Å². The van der Waals surface area contributed by atoms with Gasteiger partial charge in [0.25, 0.3) is 0 Å². The quantitative estimate of drug-likeness (QED) is 0.916. The molecule has 2 heterocycles. The van der Waals surface area contributed by atoms with Crippen LogP contribution < -0.4 is 0 Å². The van der Waals surface area contributed by atoms with Crippen molar-refractivity contribution in [1.29, 1.82) is 0 Å². The molecule has 0 bridgehead atoms. The third kappa shape index (κ3) is 3.54. The Balaban J connectivity index is 2.30. The number of aromatic nitrogens is 2. The minimum absolute atomic E-state index is 0.299. The summed E-state index contributed by atoms with van der Waals surface area (Å²) in [6, 6.07) is 0. The Morgan fingerprint density at radius 3 is 2.29 bits per heavy atom. The normalized spacial score (nSPS) is 27.4. The first kappa shape index (κ1) is 16.6. The van der Waals surface area contributed by atoms with Crippen LogP contribution in [0.1, 0.15) is 54.7 Å². The largest absolute Gasteiger partial charge is 0.481 e. The van der Waals surface area contributed by atoms with Gasteiger partial charge in [-0.25, -0.2) is 9.97 Å². The van der Waals surface area contributed by atoms with Crippen LogP contribution in [0.25, 0.3) is 0 Å². The number of thioether (sulfide) groups is 2. The van der Waals surface area contributed by atoms with Crippen LogP contribution in [0, 0.1) is 13.8 Å². The van der Waals surface area contributed by atoms with E-state index in [1.165, 1.54) is 0 Å². The van der Waals surface area contributed by atoms with Crippen molar-refractivity contribution in [2.75, 3.05) is 5.75 Å². The van der Waals surface area contributed by atoms with Gasteiger partial charge in [0.1, 0.15) is 5.82 Å². The van der Waals surface area contributed by atoms with Crippen LogP contribution in [0.2, 0.25) is 0 Å². The number of carboxylic acid groups (broad SMARTS) is 1. The topological polar surface area (TPSA) is 63.1 Å². The number of hydrogen-bond acceptors (Lipinski definition) is 5. The molecule has 0 saturated carbocycles. The van der Waals surface area contributed by atoms with Gasteiger partial charge in [0.15, 0.2) is 0 Å². The zero-order valence-electron chi connectivity index (χ0n) is 13.1. The van der Waals surface area contributed by atoms with E-state index in [9.17, 15) is 9.90 Å². The summed E-state index contributed by atoms with van der Waals surface area (Å²) in [5.41, 5.74) is 2.34. The monoisotopic (exact) mass is 326 g/mol. The highest BCUT2D eigenvalue weighted by Gasteiger charge is 2.30. The number of rotatable bonds is 3. The van der Waals surface area contributed by atoms with Gasteiger partial charge >= 0.3 is 5.97 Å². The predicted molar refractivity (Wildman–Crippen MR) is 89.3 cm³/mol. The molecular formula is C15H22N2O2S2. The van der Waals surface area contributed by atoms with Gasteiger partial charge in [-0.2, -0.15) is 11.8 Å². The SMILES string of the molecule is Cc1nc(C2CSC(C)C(C)S2)nc(C)c1C(C)C(=O)O. The lowest BCUT2D eigenvalue weighted by Crippen LogP contribution is -2.24. The predicted octanol–water partition coefficient (Wildman–Crippen LogP) is 3.58. The summed E-state index contributed by atoms with van der Waals surface area (Å²) in [6.07, 6.45) is 0. The molecule has 21 heavy (non-hydrogen) atoms. The molecule has 0 amide bonds. The maximum absolute atomic E-state index is 11.2. The number of nitrogens with zero attached hydrogens (tertiary/aromatic N) is 2. The van der Waals surface area contributed by atoms with Crippen LogP contribution in [-0.4, -0.2) is 37.3 Å². The first-order valence-corrected chi connectivity index (χ1v) is 9.15. The summed E-state index contributed by atoms with van der Waals surface area (Å²) < 4.78 is 0. The Kier molecular flexibility index (Phi) is 5.20. The number of aliphatic carboxylic acids is 1. The summed E-state index contributed by atoms with van der Waals surface area (Å²) in [4.78, 5) is 20.4. The van der Waals surface area contributed by atoms with Gasteiger partial charge in [0, 0.05) is 33.2 Å². The van der Waals surface area contributed by atoms with Gasteiger partial charge in [0.2, 0.25) is 0 Å². The van der Waals surface area contributed by atoms with E-state index in [4.69, 9.17) is 0 Å². The first-order chi connectivity index (χ1) is 9.81. The molecule has 1 fully saturated rings. The van der Waals surface area contributed by atoms with E-state index in [-0.39, 0.29) is 0 Å².